The highest BCUT2D eigenvalue weighted by atomic mass is 16.5. The number of ether oxygens (including phenoxy) is 1. The number of aliphatic imine (C=N–C) groups is 1. The van der Waals surface area contributed by atoms with Crippen molar-refractivity contribution in [2.75, 3.05) is 13.8 Å². The number of hydrogen-bond acceptors (Lipinski definition) is 5. The van der Waals surface area contributed by atoms with Gasteiger partial charge in [-0.1, -0.05) is 25.3 Å². The van der Waals surface area contributed by atoms with Crippen molar-refractivity contribution >= 4 is 17.7 Å². The van der Waals surface area contributed by atoms with Gasteiger partial charge in [0, 0.05) is 37.3 Å². The van der Waals surface area contributed by atoms with Crippen LogP contribution in [-0.4, -0.2) is 41.8 Å². The van der Waals surface area contributed by atoms with Crippen molar-refractivity contribution in [2.45, 2.75) is 58.4 Å². The van der Waals surface area contributed by atoms with E-state index in [4.69, 9.17) is 10.5 Å². The fourth-order valence-electron chi connectivity index (χ4n) is 4.75. The molecule has 1 aliphatic heterocycles. The number of allylic oxidation sites excluding steroid dienone is 1. The molecule has 2 N–H and O–H groups in total. The van der Waals surface area contributed by atoms with E-state index < -0.39 is 0 Å². The Morgan fingerprint density at radius 2 is 2.03 bits per heavy atom. The fraction of sp³-hybridized carbons (Fsp3) is 0.423. The average molecular weight is 433 g/mol. The molecule has 0 atom stereocenters. The summed E-state index contributed by atoms with van der Waals surface area (Å²) in [6, 6.07) is 6.33. The van der Waals surface area contributed by atoms with Crippen LogP contribution in [0.25, 0.3) is 5.57 Å². The summed E-state index contributed by atoms with van der Waals surface area (Å²) in [6.45, 7) is 4.51. The zero-order valence-electron chi connectivity index (χ0n) is 19.2. The molecule has 0 bridgehead atoms. The number of pyridine rings is 1. The zero-order chi connectivity index (χ0) is 22.7. The first-order valence-electron chi connectivity index (χ1n) is 11.4. The Morgan fingerprint density at radius 3 is 2.69 bits per heavy atom. The molecule has 1 aromatic heterocycles. The van der Waals surface area contributed by atoms with Crippen LogP contribution in [0.15, 0.2) is 35.6 Å². The summed E-state index contributed by atoms with van der Waals surface area (Å²) >= 11 is 0. The molecule has 0 unspecified atom stereocenters. The van der Waals surface area contributed by atoms with E-state index in [0.29, 0.717) is 24.8 Å². The Labute approximate surface area is 190 Å². The number of amides is 1. The molecule has 1 amide bonds. The maximum absolute atomic E-state index is 13.4. The molecule has 0 radical (unpaired) electrons. The van der Waals surface area contributed by atoms with E-state index >= 15 is 0 Å². The number of carbonyl (C=O) groups is 1. The van der Waals surface area contributed by atoms with Crippen LogP contribution in [0.3, 0.4) is 0 Å². The lowest BCUT2D eigenvalue weighted by molar-refractivity contribution is 0.0316. The second kappa shape index (κ2) is 9.55. The average Bonchev–Trinajstić information content (AvgIpc) is 2.82. The predicted molar refractivity (Wildman–Crippen MR) is 128 cm³/mol. The smallest absolute Gasteiger partial charge is 0.260 e. The first-order valence-corrected chi connectivity index (χ1v) is 11.4. The van der Waals surface area contributed by atoms with E-state index in [-0.39, 0.29) is 5.91 Å². The summed E-state index contributed by atoms with van der Waals surface area (Å²) < 4.78 is 6.12. The Morgan fingerprint density at radius 1 is 1.25 bits per heavy atom. The van der Waals surface area contributed by atoms with Crippen LogP contribution in [0.1, 0.15) is 70.4 Å². The van der Waals surface area contributed by atoms with Gasteiger partial charge < -0.3 is 15.4 Å². The molecule has 1 saturated carbocycles. The molecule has 2 aliphatic rings. The minimum atomic E-state index is 0.104. The van der Waals surface area contributed by atoms with Crippen LogP contribution in [-0.2, 0) is 6.42 Å². The van der Waals surface area contributed by atoms with Gasteiger partial charge in [-0.25, -0.2) is 0 Å². The summed E-state index contributed by atoms with van der Waals surface area (Å²) in [5.74, 6) is 0.848. The first kappa shape index (κ1) is 22.1. The monoisotopic (exact) mass is 432 g/mol. The zero-order valence-corrected chi connectivity index (χ0v) is 19.2. The van der Waals surface area contributed by atoms with Crippen molar-refractivity contribution in [1.82, 2.24) is 9.88 Å². The minimum Gasteiger partial charge on any atom is -0.472 e. The third kappa shape index (κ3) is 4.27. The minimum absolute atomic E-state index is 0.104. The van der Waals surface area contributed by atoms with Gasteiger partial charge in [0.25, 0.3) is 5.91 Å². The van der Waals surface area contributed by atoms with E-state index in [9.17, 15) is 4.79 Å². The third-order valence-electron chi connectivity index (χ3n) is 6.77. The van der Waals surface area contributed by atoms with E-state index in [1.165, 1.54) is 25.5 Å². The molecular formula is C26H32N4O2. The second-order valence-corrected chi connectivity index (χ2v) is 8.74. The molecule has 4 rings (SSSR count). The summed E-state index contributed by atoms with van der Waals surface area (Å²) in [5, 5.41) is 0. The van der Waals surface area contributed by atoms with Crippen LogP contribution < -0.4 is 10.5 Å². The molecule has 1 fully saturated rings. The van der Waals surface area contributed by atoms with Gasteiger partial charge >= 0.3 is 0 Å². The van der Waals surface area contributed by atoms with Crippen molar-refractivity contribution in [1.29, 1.82) is 0 Å². The van der Waals surface area contributed by atoms with Crippen LogP contribution in [0.4, 0.5) is 0 Å². The van der Waals surface area contributed by atoms with Crippen molar-refractivity contribution in [3.05, 3.63) is 64.1 Å². The van der Waals surface area contributed by atoms with Gasteiger partial charge in [0.05, 0.1) is 11.3 Å². The molecule has 32 heavy (non-hydrogen) atoms. The Hall–Kier alpha value is -3.15. The van der Waals surface area contributed by atoms with Crippen LogP contribution in [0.2, 0.25) is 0 Å². The van der Waals surface area contributed by atoms with Crippen molar-refractivity contribution in [3.8, 4) is 5.75 Å². The highest BCUT2D eigenvalue weighted by Crippen LogP contribution is 2.36. The molecule has 2 heterocycles. The molecule has 0 spiro atoms. The molecule has 0 saturated heterocycles. The number of nitrogens with two attached hydrogens (primary N) is 1. The number of aromatic nitrogens is 1. The van der Waals surface area contributed by atoms with Gasteiger partial charge in [-0.2, -0.15) is 0 Å². The highest BCUT2D eigenvalue weighted by Gasteiger charge is 2.33. The van der Waals surface area contributed by atoms with Crippen molar-refractivity contribution in [3.63, 3.8) is 0 Å². The molecule has 2 aromatic rings. The van der Waals surface area contributed by atoms with Gasteiger partial charge in [0.1, 0.15) is 5.75 Å². The Bertz CT molecular complexity index is 1050. The molecule has 1 aliphatic carbocycles. The lowest BCUT2D eigenvalue weighted by atomic mass is 9.91. The SMILES string of the molecule is CN=CC(=CN)c1ccc(Cc2cc3c(c(C)c2C)OCN(C2CCCCC2)C3=O)cn1. The summed E-state index contributed by atoms with van der Waals surface area (Å²) in [4.78, 5) is 23.9. The third-order valence-corrected chi connectivity index (χ3v) is 6.77. The number of nitrogens with zero attached hydrogens (tertiary/aromatic N) is 3. The van der Waals surface area contributed by atoms with E-state index in [2.05, 4.69) is 23.0 Å². The molecule has 6 nitrogen and oxygen atoms in total. The molecule has 6 heteroatoms. The number of rotatable bonds is 5. The van der Waals surface area contributed by atoms with E-state index in [1.807, 2.05) is 30.2 Å². The largest absolute Gasteiger partial charge is 0.472 e. The van der Waals surface area contributed by atoms with Crippen molar-refractivity contribution < 1.29 is 9.53 Å². The fourth-order valence-corrected chi connectivity index (χ4v) is 4.75. The van der Waals surface area contributed by atoms with E-state index in [0.717, 1.165) is 52.1 Å². The lowest BCUT2D eigenvalue weighted by Crippen LogP contribution is -2.46. The van der Waals surface area contributed by atoms with Crippen LogP contribution in [0, 0.1) is 13.8 Å². The summed E-state index contributed by atoms with van der Waals surface area (Å²) in [5.41, 5.74) is 12.4. The van der Waals surface area contributed by atoms with Gasteiger partial charge in [0.2, 0.25) is 0 Å². The predicted octanol–water partition coefficient (Wildman–Crippen LogP) is 4.41. The number of carbonyl (C=O) groups excluding carboxylic acids is 1. The maximum Gasteiger partial charge on any atom is 0.260 e. The van der Waals surface area contributed by atoms with Gasteiger partial charge in [-0.05, 0) is 67.5 Å². The highest BCUT2D eigenvalue weighted by molar-refractivity contribution is 6.08. The number of benzene rings is 1. The van der Waals surface area contributed by atoms with Crippen molar-refractivity contribution in [2.24, 2.45) is 10.7 Å². The summed E-state index contributed by atoms with van der Waals surface area (Å²) in [6.07, 6.45) is 11.6. The topological polar surface area (TPSA) is 80.8 Å². The Kier molecular flexibility index (Phi) is 6.58. The first-order chi connectivity index (χ1) is 15.5. The number of fused-ring (bicyclic) bond motifs is 1. The van der Waals surface area contributed by atoms with E-state index in [1.54, 1.807) is 13.3 Å². The van der Waals surface area contributed by atoms with Gasteiger partial charge in [-0.15, -0.1) is 0 Å². The van der Waals surface area contributed by atoms with Crippen LogP contribution >= 0.6 is 0 Å². The lowest BCUT2D eigenvalue weighted by Gasteiger charge is -2.38. The normalized spacial score (nSPS) is 17.5. The number of hydrogen-bond donors (Lipinski definition) is 1. The standard InChI is InChI=1S/C26H32N4O2/c1-17-18(2)25-23(26(31)30(16-32-25)22-7-5-4-6-8-22)12-20(17)11-19-9-10-24(29-14-19)21(13-27)15-28-3/h9-10,12-15,22H,4-8,11,16,27H2,1-3H3. The second-order valence-electron chi connectivity index (χ2n) is 8.74. The molecule has 168 valence electrons. The molecule has 1 aromatic carbocycles. The summed E-state index contributed by atoms with van der Waals surface area (Å²) in [7, 11) is 1.71. The van der Waals surface area contributed by atoms with Gasteiger partial charge in [0.15, 0.2) is 6.73 Å². The van der Waals surface area contributed by atoms with Crippen LogP contribution in [0.5, 0.6) is 5.75 Å². The Balaban J connectivity index is 1.60. The maximum atomic E-state index is 13.4. The van der Waals surface area contributed by atoms with Gasteiger partial charge in [-0.3, -0.25) is 14.8 Å². The quantitative estimate of drug-likeness (QED) is 0.710. The molecular weight excluding hydrogens is 400 g/mol.